The van der Waals surface area contributed by atoms with Gasteiger partial charge in [0.2, 0.25) is 11.8 Å². The molecule has 2 N–H and O–H groups in total. The summed E-state index contributed by atoms with van der Waals surface area (Å²) in [6.07, 6.45) is -0.0594. The van der Waals surface area contributed by atoms with E-state index in [0.717, 1.165) is 10.7 Å². The Bertz CT molecular complexity index is 1660. The first kappa shape index (κ1) is 29.1. The summed E-state index contributed by atoms with van der Waals surface area (Å²) in [7, 11) is 0. The highest BCUT2D eigenvalue weighted by atomic mass is 35.5. The summed E-state index contributed by atoms with van der Waals surface area (Å²) in [5, 5.41) is 15.9. The van der Waals surface area contributed by atoms with Crippen LogP contribution in [0, 0.1) is 0 Å². The number of carboxylic acid groups (broad SMARTS) is 1. The van der Waals surface area contributed by atoms with E-state index in [1.165, 1.54) is 49.4 Å². The average Bonchev–Trinajstić information content (AvgIpc) is 2.93. The molecule has 0 bridgehead atoms. The Hall–Kier alpha value is -4.90. The number of carboxylic acids is 1. The maximum atomic E-state index is 13.5. The van der Waals surface area contributed by atoms with Crippen LogP contribution in [0.25, 0.3) is 11.1 Å². The number of hydrogen-bond donors (Lipinski definition) is 2. The third kappa shape index (κ3) is 7.00. The standard InChI is InChI=1S/C29H22ClF2N3O6/c1-16(36)21-12-9-19(30)14-22(21)23-15-25(37)35(34-27(23)41-29(31)32)24(13-17-5-3-2-4-6-17)26(38)33-20-10-7-18(8-11-20)28(39)40/h2-12,14-15,24,29H,13H2,1H3,(H,33,38)(H,39,40). The number of aromatic nitrogens is 2. The Morgan fingerprint density at radius 2 is 1.68 bits per heavy atom. The van der Waals surface area contributed by atoms with Gasteiger partial charge in [-0.3, -0.25) is 14.4 Å². The van der Waals surface area contributed by atoms with Gasteiger partial charge in [-0.15, -0.1) is 5.10 Å². The van der Waals surface area contributed by atoms with Crippen LogP contribution in [-0.4, -0.2) is 39.2 Å². The highest BCUT2D eigenvalue weighted by molar-refractivity contribution is 6.31. The van der Waals surface area contributed by atoms with Crippen molar-refractivity contribution in [3.63, 3.8) is 0 Å². The molecule has 0 aliphatic heterocycles. The summed E-state index contributed by atoms with van der Waals surface area (Å²) in [5.74, 6) is -2.99. The number of halogens is 3. The van der Waals surface area contributed by atoms with Crippen LogP contribution < -0.4 is 15.6 Å². The minimum Gasteiger partial charge on any atom is -0.478 e. The van der Waals surface area contributed by atoms with Crippen molar-refractivity contribution < 1.29 is 33.0 Å². The first-order valence-corrected chi connectivity index (χ1v) is 12.5. The van der Waals surface area contributed by atoms with Crippen molar-refractivity contribution >= 4 is 34.9 Å². The molecule has 1 aromatic heterocycles. The van der Waals surface area contributed by atoms with E-state index in [0.29, 0.717) is 5.56 Å². The smallest absolute Gasteiger partial charge is 0.388 e. The van der Waals surface area contributed by atoms with Crippen LogP contribution in [0.4, 0.5) is 14.5 Å². The molecular formula is C29H22ClF2N3O6. The molecule has 41 heavy (non-hydrogen) atoms. The van der Waals surface area contributed by atoms with E-state index in [1.807, 2.05) is 0 Å². The van der Waals surface area contributed by atoms with Gasteiger partial charge in [0.15, 0.2) is 5.78 Å². The van der Waals surface area contributed by atoms with Crippen LogP contribution in [0.15, 0.2) is 83.7 Å². The lowest BCUT2D eigenvalue weighted by Crippen LogP contribution is -2.36. The molecule has 1 heterocycles. The molecule has 1 amide bonds. The van der Waals surface area contributed by atoms with Crippen molar-refractivity contribution in [2.24, 2.45) is 0 Å². The number of ether oxygens (including phenoxy) is 1. The second-order valence-electron chi connectivity index (χ2n) is 8.85. The van der Waals surface area contributed by atoms with Gasteiger partial charge in [0, 0.05) is 28.8 Å². The number of alkyl halides is 2. The van der Waals surface area contributed by atoms with Gasteiger partial charge in [0.1, 0.15) is 6.04 Å². The number of nitrogens with zero attached hydrogens (tertiary/aromatic N) is 2. The van der Waals surface area contributed by atoms with Crippen molar-refractivity contribution in [2.45, 2.75) is 26.0 Å². The van der Waals surface area contributed by atoms with Gasteiger partial charge in [0.05, 0.1) is 11.1 Å². The molecule has 1 atom stereocenters. The van der Waals surface area contributed by atoms with E-state index in [1.54, 1.807) is 30.3 Å². The minimum absolute atomic E-state index is 0.00274. The van der Waals surface area contributed by atoms with Gasteiger partial charge in [-0.2, -0.15) is 8.78 Å². The number of rotatable bonds is 10. The van der Waals surface area contributed by atoms with Gasteiger partial charge in [-0.1, -0.05) is 41.9 Å². The molecule has 4 rings (SSSR count). The van der Waals surface area contributed by atoms with Crippen LogP contribution in [0.1, 0.15) is 39.2 Å². The topological polar surface area (TPSA) is 128 Å². The molecule has 0 spiro atoms. The second kappa shape index (κ2) is 12.5. The monoisotopic (exact) mass is 581 g/mol. The molecule has 0 saturated carbocycles. The molecule has 0 radical (unpaired) electrons. The highest BCUT2D eigenvalue weighted by Gasteiger charge is 2.27. The fourth-order valence-electron chi connectivity index (χ4n) is 4.14. The van der Waals surface area contributed by atoms with E-state index < -0.39 is 41.8 Å². The van der Waals surface area contributed by atoms with Crippen LogP contribution in [0.2, 0.25) is 5.02 Å². The van der Waals surface area contributed by atoms with Crippen molar-refractivity contribution in [1.29, 1.82) is 0 Å². The molecule has 0 fully saturated rings. The molecule has 4 aromatic rings. The molecule has 1 unspecified atom stereocenters. The zero-order chi connectivity index (χ0) is 29.7. The van der Waals surface area contributed by atoms with Crippen molar-refractivity contribution in [3.8, 4) is 17.0 Å². The van der Waals surface area contributed by atoms with Crippen molar-refractivity contribution in [3.05, 3.63) is 111 Å². The van der Waals surface area contributed by atoms with Gasteiger partial charge >= 0.3 is 12.6 Å². The molecular weight excluding hydrogens is 560 g/mol. The molecule has 0 aliphatic carbocycles. The number of nitrogens with one attached hydrogen (secondary N) is 1. The minimum atomic E-state index is -3.35. The Morgan fingerprint density at radius 1 is 1.00 bits per heavy atom. The van der Waals surface area contributed by atoms with Crippen LogP contribution >= 0.6 is 11.6 Å². The Kier molecular flexibility index (Phi) is 8.88. The fraction of sp³-hybridized carbons (Fsp3) is 0.138. The number of aromatic carboxylic acids is 1. The second-order valence-corrected chi connectivity index (χ2v) is 9.28. The average molecular weight is 582 g/mol. The quantitative estimate of drug-likeness (QED) is 0.237. The number of amides is 1. The zero-order valence-electron chi connectivity index (χ0n) is 21.4. The Morgan fingerprint density at radius 3 is 2.29 bits per heavy atom. The predicted molar refractivity (Wildman–Crippen MR) is 147 cm³/mol. The number of Topliss-reactive ketones (excluding diaryl/α,β-unsaturated/α-hetero) is 1. The number of hydrogen-bond acceptors (Lipinski definition) is 6. The van der Waals surface area contributed by atoms with Gasteiger partial charge in [-0.05, 0) is 60.5 Å². The van der Waals surface area contributed by atoms with E-state index in [2.05, 4.69) is 15.2 Å². The van der Waals surface area contributed by atoms with E-state index in [4.69, 9.17) is 16.7 Å². The van der Waals surface area contributed by atoms with Crippen LogP contribution in [0.3, 0.4) is 0 Å². The third-order valence-electron chi connectivity index (χ3n) is 6.04. The lowest BCUT2D eigenvalue weighted by atomic mass is 9.98. The maximum absolute atomic E-state index is 13.5. The zero-order valence-corrected chi connectivity index (χ0v) is 22.1. The van der Waals surface area contributed by atoms with Gasteiger partial charge < -0.3 is 15.2 Å². The SMILES string of the molecule is CC(=O)c1ccc(Cl)cc1-c1cc(=O)n(C(Cc2ccccc2)C(=O)Nc2ccc(C(=O)O)cc2)nc1OC(F)F. The maximum Gasteiger partial charge on any atom is 0.388 e. The van der Waals surface area contributed by atoms with Crippen molar-refractivity contribution in [1.82, 2.24) is 9.78 Å². The lowest BCUT2D eigenvalue weighted by molar-refractivity contribution is -0.119. The number of carbonyl (C=O) groups excluding carboxylic acids is 2. The molecule has 0 saturated heterocycles. The normalized spacial score (nSPS) is 11.6. The molecule has 210 valence electrons. The highest BCUT2D eigenvalue weighted by Crippen LogP contribution is 2.33. The number of anilines is 1. The first-order chi connectivity index (χ1) is 19.5. The van der Waals surface area contributed by atoms with E-state index in [-0.39, 0.29) is 39.4 Å². The number of benzene rings is 3. The van der Waals surface area contributed by atoms with Gasteiger partial charge in [-0.25, -0.2) is 9.48 Å². The molecule has 9 nitrogen and oxygen atoms in total. The summed E-state index contributed by atoms with van der Waals surface area (Å²) in [4.78, 5) is 50.3. The van der Waals surface area contributed by atoms with Gasteiger partial charge in [0.25, 0.3) is 5.56 Å². The van der Waals surface area contributed by atoms with Crippen LogP contribution in [-0.2, 0) is 11.2 Å². The summed E-state index contributed by atoms with van der Waals surface area (Å²) in [6.45, 7) is -2.08. The largest absolute Gasteiger partial charge is 0.478 e. The fourth-order valence-corrected chi connectivity index (χ4v) is 4.31. The third-order valence-corrected chi connectivity index (χ3v) is 6.28. The predicted octanol–water partition coefficient (Wildman–Crippen LogP) is 5.49. The van der Waals surface area contributed by atoms with E-state index >= 15 is 0 Å². The first-order valence-electron chi connectivity index (χ1n) is 12.1. The molecule has 0 aliphatic rings. The Labute approximate surface area is 237 Å². The van der Waals surface area contributed by atoms with Crippen LogP contribution in [0.5, 0.6) is 5.88 Å². The summed E-state index contributed by atoms with van der Waals surface area (Å²) >= 11 is 6.10. The number of carbonyl (C=O) groups is 3. The Balaban J connectivity index is 1.83. The lowest BCUT2D eigenvalue weighted by Gasteiger charge is -2.21. The number of ketones is 1. The molecule has 12 heteroatoms. The van der Waals surface area contributed by atoms with E-state index in [9.17, 15) is 28.0 Å². The van der Waals surface area contributed by atoms with Crippen molar-refractivity contribution in [2.75, 3.05) is 5.32 Å². The summed E-state index contributed by atoms with van der Waals surface area (Å²) in [6, 6.07) is 17.7. The summed E-state index contributed by atoms with van der Waals surface area (Å²) in [5.41, 5.74) is -0.0304. The molecule has 3 aromatic carbocycles. The summed E-state index contributed by atoms with van der Waals surface area (Å²) < 4.78 is 32.4.